The molecular weight excluding hydrogens is 214 g/mol. The predicted molar refractivity (Wildman–Crippen MR) is 71.4 cm³/mol. The molecule has 1 N–H and O–H groups in total. The first-order valence-corrected chi connectivity index (χ1v) is 6.21. The number of pyridine rings is 1. The van der Waals surface area contributed by atoms with Crippen molar-refractivity contribution in [2.24, 2.45) is 0 Å². The number of anilines is 1. The van der Waals surface area contributed by atoms with Gasteiger partial charge in [0, 0.05) is 39.5 Å². The first kappa shape index (κ1) is 13.9. The molecule has 0 aliphatic heterocycles. The lowest BCUT2D eigenvalue weighted by atomic mass is 10.2. The normalized spacial score (nSPS) is 10.5. The molecule has 1 aromatic heterocycles. The fourth-order valence-electron chi connectivity index (χ4n) is 1.66. The lowest BCUT2D eigenvalue weighted by Crippen LogP contribution is -2.23. The Morgan fingerprint density at radius 2 is 2.06 bits per heavy atom. The van der Waals surface area contributed by atoms with Crippen molar-refractivity contribution in [3.05, 3.63) is 23.9 Å². The maximum absolute atomic E-state index is 4.97. The van der Waals surface area contributed by atoms with E-state index >= 15 is 0 Å². The van der Waals surface area contributed by atoms with Gasteiger partial charge in [-0.05, 0) is 25.5 Å². The summed E-state index contributed by atoms with van der Waals surface area (Å²) in [4.78, 5) is 6.71. The lowest BCUT2D eigenvalue weighted by molar-refractivity contribution is 0.199. The van der Waals surface area contributed by atoms with E-state index in [1.54, 1.807) is 7.11 Å². The SMILES string of the molecule is CCN(CC)c1ccc(CNCCOC)cn1. The molecule has 0 aliphatic carbocycles. The molecular formula is C13H23N3O. The summed E-state index contributed by atoms with van der Waals surface area (Å²) in [6.45, 7) is 8.73. The van der Waals surface area contributed by atoms with Crippen LogP contribution in [0.1, 0.15) is 19.4 Å². The number of ether oxygens (including phenoxy) is 1. The minimum Gasteiger partial charge on any atom is -0.383 e. The summed E-state index contributed by atoms with van der Waals surface area (Å²) in [6.07, 6.45) is 1.94. The average Bonchev–Trinajstić information content (AvgIpc) is 2.38. The number of hydrogen-bond donors (Lipinski definition) is 1. The van der Waals surface area contributed by atoms with Crippen LogP contribution in [0.25, 0.3) is 0 Å². The molecule has 0 fully saturated rings. The molecule has 0 saturated heterocycles. The summed E-state index contributed by atoms with van der Waals surface area (Å²) in [5.74, 6) is 1.05. The van der Waals surface area contributed by atoms with E-state index in [4.69, 9.17) is 4.74 Å². The van der Waals surface area contributed by atoms with Crippen LogP contribution in [-0.4, -0.2) is 38.3 Å². The molecule has 1 aromatic rings. The highest BCUT2D eigenvalue weighted by Gasteiger charge is 2.02. The summed E-state index contributed by atoms with van der Waals surface area (Å²) < 4.78 is 4.97. The van der Waals surface area contributed by atoms with Gasteiger partial charge in [0.15, 0.2) is 0 Å². The number of nitrogens with one attached hydrogen (secondary N) is 1. The van der Waals surface area contributed by atoms with E-state index < -0.39 is 0 Å². The van der Waals surface area contributed by atoms with Crippen molar-refractivity contribution in [2.45, 2.75) is 20.4 Å². The van der Waals surface area contributed by atoms with Crippen molar-refractivity contribution in [3.63, 3.8) is 0 Å². The molecule has 0 aromatic carbocycles. The van der Waals surface area contributed by atoms with Crippen molar-refractivity contribution in [1.82, 2.24) is 10.3 Å². The number of aromatic nitrogens is 1. The average molecular weight is 237 g/mol. The van der Waals surface area contributed by atoms with E-state index in [0.29, 0.717) is 0 Å². The van der Waals surface area contributed by atoms with E-state index in [1.165, 1.54) is 5.56 Å². The second-order valence-corrected chi connectivity index (χ2v) is 3.87. The number of hydrogen-bond acceptors (Lipinski definition) is 4. The molecule has 0 spiro atoms. The Hall–Kier alpha value is -1.13. The fourth-order valence-corrected chi connectivity index (χ4v) is 1.66. The van der Waals surface area contributed by atoms with Crippen molar-refractivity contribution in [2.75, 3.05) is 38.3 Å². The highest BCUT2D eigenvalue weighted by Crippen LogP contribution is 2.10. The smallest absolute Gasteiger partial charge is 0.128 e. The van der Waals surface area contributed by atoms with Crippen LogP contribution >= 0.6 is 0 Å². The lowest BCUT2D eigenvalue weighted by Gasteiger charge is -2.19. The summed E-state index contributed by atoms with van der Waals surface area (Å²) in [5.41, 5.74) is 1.21. The first-order valence-electron chi connectivity index (χ1n) is 6.21. The third-order valence-corrected chi connectivity index (χ3v) is 2.71. The highest BCUT2D eigenvalue weighted by atomic mass is 16.5. The van der Waals surface area contributed by atoms with E-state index in [2.05, 4.69) is 41.2 Å². The van der Waals surface area contributed by atoms with E-state index in [0.717, 1.165) is 38.6 Å². The van der Waals surface area contributed by atoms with E-state index in [-0.39, 0.29) is 0 Å². The maximum Gasteiger partial charge on any atom is 0.128 e. The largest absolute Gasteiger partial charge is 0.383 e. The Bertz CT molecular complexity index is 296. The van der Waals surface area contributed by atoms with Crippen LogP contribution in [0.5, 0.6) is 0 Å². The molecule has 0 aliphatic rings. The van der Waals surface area contributed by atoms with Crippen LogP contribution < -0.4 is 10.2 Å². The molecule has 0 radical (unpaired) electrons. The Kier molecular flexibility index (Phi) is 6.58. The summed E-state index contributed by atoms with van der Waals surface area (Å²) >= 11 is 0. The molecule has 17 heavy (non-hydrogen) atoms. The summed E-state index contributed by atoms with van der Waals surface area (Å²) in [7, 11) is 1.71. The highest BCUT2D eigenvalue weighted by molar-refractivity contribution is 5.38. The van der Waals surface area contributed by atoms with Gasteiger partial charge in [-0.2, -0.15) is 0 Å². The quantitative estimate of drug-likeness (QED) is 0.698. The zero-order valence-corrected chi connectivity index (χ0v) is 11.1. The molecule has 0 bridgehead atoms. The van der Waals surface area contributed by atoms with Gasteiger partial charge >= 0.3 is 0 Å². The van der Waals surface area contributed by atoms with Gasteiger partial charge in [0.25, 0.3) is 0 Å². The van der Waals surface area contributed by atoms with Crippen LogP contribution in [-0.2, 0) is 11.3 Å². The second kappa shape index (κ2) is 8.03. The van der Waals surface area contributed by atoms with Crippen molar-refractivity contribution in [3.8, 4) is 0 Å². The van der Waals surface area contributed by atoms with Crippen LogP contribution in [0.4, 0.5) is 5.82 Å². The number of methoxy groups -OCH3 is 1. The molecule has 1 rings (SSSR count). The molecule has 96 valence electrons. The van der Waals surface area contributed by atoms with Crippen LogP contribution in [0.3, 0.4) is 0 Å². The molecule has 4 heteroatoms. The van der Waals surface area contributed by atoms with Gasteiger partial charge in [-0.3, -0.25) is 0 Å². The molecule has 0 saturated carbocycles. The topological polar surface area (TPSA) is 37.4 Å². The fraction of sp³-hybridized carbons (Fsp3) is 0.615. The van der Waals surface area contributed by atoms with Crippen LogP contribution in [0, 0.1) is 0 Å². The monoisotopic (exact) mass is 237 g/mol. The van der Waals surface area contributed by atoms with Crippen LogP contribution in [0.2, 0.25) is 0 Å². The number of nitrogens with zero attached hydrogens (tertiary/aromatic N) is 2. The predicted octanol–water partition coefficient (Wildman–Crippen LogP) is 1.66. The summed E-state index contributed by atoms with van der Waals surface area (Å²) in [5, 5.41) is 3.30. The van der Waals surface area contributed by atoms with Gasteiger partial charge in [0.05, 0.1) is 6.61 Å². The molecule has 1 heterocycles. The Morgan fingerprint density at radius 3 is 2.59 bits per heavy atom. The van der Waals surface area contributed by atoms with Crippen molar-refractivity contribution in [1.29, 1.82) is 0 Å². The Balaban J connectivity index is 2.44. The van der Waals surface area contributed by atoms with E-state index in [9.17, 15) is 0 Å². The zero-order chi connectivity index (χ0) is 12.5. The van der Waals surface area contributed by atoms with Gasteiger partial charge in [-0.15, -0.1) is 0 Å². The summed E-state index contributed by atoms with van der Waals surface area (Å²) in [6, 6.07) is 4.21. The van der Waals surface area contributed by atoms with Gasteiger partial charge in [0.1, 0.15) is 5.82 Å². The number of rotatable bonds is 8. The second-order valence-electron chi connectivity index (χ2n) is 3.87. The van der Waals surface area contributed by atoms with Gasteiger partial charge in [0.2, 0.25) is 0 Å². The Labute approximate surface area is 104 Å². The standard InChI is InChI=1S/C13H23N3O/c1-4-16(5-2)13-7-6-12(11-15-13)10-14-8-9-17-3/h6-7,11,14H,4-5,8-10H2,1-3H3. The van der Waals surface area contributed by atoms with Crippen LogP contribution in [0.15, 0.2) is 18.3 Å². The Morgan fingerprint density at radius 1 is 1.29 bits per heavy atom. The molecule has 4 nitrogen and oxygen atoms in total. The van der Waals surface area contributed by atoms with Crippen molar-refractivity contribution < 1.29 is 4.74 Å². The van der Waals surface area contributed by atoms with Gasteiger partial charge in [-0.25, -0.2) is 4.98 Å². The third-order valence-electron chi connectivity index (χ3n) is 2.71. The molecule has 0 atom stereocenters. The zero-order valence-electron chi connectivity index (χ0n) is 11.1. The van der Waals surface area contributed by atoms with Gasteiger partial charge < -0.3 is 15.0 Å². The van der Waals surface area contributed by atoms with Gasteiger partial charge in [-0.1, -0.05) is 6.07 Å². The third kappa shape index (κ3) is 4.71. The first-order chi connectivity index (χ1) is 8.31. The van der Waals surface area contributed by atoms with E-state index in [1.807, 2.05) is 6.20 Å². The maximum atomic E-state index is 4.97. The van der Waals surface area contributed by atoms with Crippen molar-refractivity contribution >= 4 is 5.82 Å². The molecule has 0 amide bonds. The molecule has 0 unspecified atom stereocenters. The minimum absolute atomic E-state index is 0.741. The minimum atomic E-state index is 0.741.